The zero-order valence-electron chi connectivity index (χ0n) is 5.74. The summed E-state index contributed by atoms with van der Waals surface area (Å²) in [6, 6.07) is 9.68. The molecule has 10 heavy (non-hydrogen) atoms. The van der Waals surface area contributed by atoms with Gasteiger partial charge in [-0.15, -0.1) is 0 Å². The number of rotatable bonds is 1. The second kappa shape index (κ2) is 5.64. The molecule has 1 aromatic carbocycles. The molecule has 0 amide bonds. The fourth-order valence-corrected chi connectivity index (χ4v) is 0.557. The van der Waals surface area contributed by atoms with Crippen LogP contribution < -0.4 is 4.74 Å². The quantitative estimate of drug-likeness (QED) is 0.548. The van der Waals surface area contributed by atoms with E-state index < -0.39 is 0 Å². The fraction of sp³-hybridized carbons (Fsp3) is 0.125. The zero-order chi connectivity index (χ0) is 7.82. The van der Waals surface area contributed by atoms with Crippen molar-refractivity contribution in [3.8, 4) is 5.75 Å². The summed E-state index contributed by atoms with van der Waals surface area (Å²) in [7, 11) is 1.66. The minimum Gasteiger partial charge on any atom is -0.512 e. The van der Waals surface area contributed by atoms with Crippen molar-refractivity contribution in [1.29, 1.82) is 5.26 Å². The van der Waals surface area contributed by atoms with Gasteiger partial charge in [-0.2, -0.15) is 0 Å². The van der Waals surface area contributed by atoms with Gasteiger partial charge < -0.3 is 16.6 Å². The number of benzene rings is 1. The zero-order valence-corrected chi connectivity index (χ0v) is 5.74. The summed E-state index contributed by atoms with van der Waals surface area (Å²) in [6.45, 7) is 4.75. The Morgan fingerprint density at radius 3 is 2.00 bits per heavy atom. The lowest BCUT2D eigenvalue weighted by Gasteiger charge is -1.93. The third kappa shape index (κ3) is 2.73. The van der Waals surface area contributed by atoms with Crippen LogP contribution in [-0.2, 0) is 0 Å². The smallest absolute Gasteiger partial charge is 0.118 e. The van der Waals surface area contributed by atoms with E-state index in [1.54, 1.807) is 7.11 Å². The van der Waals surface area contributed by atoms with E-state index in [0.29, 0.717) is 0 Å². The van der Waals surface area contributed by atoms with Crippen molar-refractivity contribution in [2.75, 3.05) is 7.11 Å². The van der Waals surface area contributed by atoms with Crippen LogP contribution in [0.1, 0.15) is 0 Å². The molecular formula is C8H8NO-. The van der Waals surface area contributed by atoms with Gasteiger partial charge in [-0.3, -0.25) is 0 Å². The standard InChI is InChI=1S/C7H8O.CN/c1-8-7-5-3-2-4-6-7;1-2/h2-6H,1H3;/q;-1. The van der Waals surface area contributed by atoms with E-state index in [1.807, 2.05) is 30.3 Å². The molecule has 1 rings (SSSR count). The topological polar surface area (TPSA) is 33.0 Å². The molecular weight excluding hydrogens is 126 g/mol. The van der Waals surface area contributed by atoms with Crippen LogP contribution in [0.2, 0.25) is 0 Å². The van der Waals surface area contributed by atoms with Crippen molar-refractivity contribution in [3.05, 3.63) is 36.9 Å². The van der Waals surface area contributed by atoms with Crippen molar-refractivity contribution in [3.63, 3.8) is 0 Å². The van der Waals surface area contributed by atoms with Crippen LogP contribution in [0.5, 0.6) is 5.75 Å². The molecule has 0 bridgehead atoms. The monoisotopic (exact) mass is 134 g/mol. The van der Waals surface area contributed by atoms with E-state index in [2.05, 4.69) is 0 Å². The highest BCUT2D eigenvalue weighted by molar-refractivity contribution is 5.20. The molecule has 0 spiro atoms. The van der Waals surface area contributed by atoms with Crippen molar-refractivity contribution >= 4 is 0 Å². The molecule has 52 valence electrons. The van der Waals surface area contributed by atoms with Gasteiger partial charge in [-0.05, 0) is 12.1 Å². The van der Waals surface area contributed by atoms with Crippen molar-refractivity contribution in [2.45, 2.75) is 0 Å². The first kappa shape index (κ1) is 8.51. The van der Waals surface area contributed by atoms with Gasteiger partial charge in [0.05, 0.1) is 7.11 Å². The largest absolute Gasteiger partial charge is 0.512 e. The first-order valence-corrected chi connectivity index (χ1v) is 2.75. The van der Waals surface area contributed by atoms with Gasteiger partial charge in [0, 0.05) is 0 Å². The number of methoxy groups -OCH3 is 1. The Hall–Kier alpha value is -1.49. The average Bonchev–Trinajstić information content (AvgIpc) is 2.10. The highest BCUT2D eigenvalue weighted by atomic mass is 16.5. The van der Waals surface area contributed by atoms with Crippen molar-refractivity contribution < 1.29 is 4.74 Å². The van der Waals surface area contributed by atoms with Crippen molar-refractivity contribution in [1.82, 2.24) is 0 Å². The van der Waals surface area contributed by atoms with Crippen LogP contribution in [0.15, 0.2) is 30.3 Å². The van der Waals surface area contributed by atoms with Gasteiger partial charge in [-0.1, -0.05) is 18.2 Å². The van der Waals surface area contributed by atoms with E-state index in [-0.39, 0.29) is 0 Å². The molecule has 0 aliphatic carbocycles. The SMILES string of the molecule is COc1ccccc1.[C-]#N. The Kier molecular flexibility index (Phi) is 4.80. The van der Waals surface area contributed by atoms with Crippen LogP contribution in [0.3, 0.4) is 0 Å². The second-order valence-corrected chi connectivity index (χ2v) is 1.52. The van der Waals surface area contributed by atoms with Crippen LogP contribution >= 0.6 is 0 Å². The summed E-state index contributed by atoms with van der Waals surface area (Å²) in [5, 5.41) is 6.25. The number of para-hydroxylation sites is 1. The highest BCUT2D eigenvalue weighted by Gasteiger charge is 1.80. The number of hydrogen-bond donors (Lipinski definition) is 0. The Bertz CT molecular complexity index is 181. The molecule has 0 N–H and O–H groups in total. The van der Waals surface area contributed by atoms with Crippen LogP contribution in [0.25, 0.3) is 0 Å². The molecule has 0 heterocycles. The third-order valence-corrected chi connectivity index (χ3v) is 0.979. The summed E-state index contributed by atoms with van der Waals surface area (Å²) in [5.41, 5.74) is 0. The van der Waals surface area contributed by atoms with Crippen LogP contribution in [-0.4, -0.2) is 7.11 Å². The Labute approximate surface area is 60.7 Å². The predicted molar refractivity (Wildman–Crippen MR) is 38.0 cm³/mol. The van der Waals surface area contributed by atoms with E-state index in [1.165, 1.54) is 0 Å². The minimum absolute atomic E-state index is 0.910. The molecule has 0 unspecified atom stereocenters. The summed E-state index contributed by atoms with van der Waals surface area (Å²) in [4.78, 5) is 0. The maximum atomic E-state index is 6.25. The number of nitrogens with zero attached hydrogens (tertiary/aromatic N) is 1. The summed E-state index contributed by atoms with van der Waals surface area (Å²) < 4.78 is 4.91. The normalized spacial score (nSPS) is 7.10. The van der Waals surface area contributed by atoms with Gasteiger partial charge in [0.2, 0.25) is 0 Å². The minimum atomic E-state index is 0.910. The van der Waals surface area contributed by atoms with Gasteiger partial charge in [0.25, 0.3) is 0 Å². The lowest BCUT2D eigenvalue weighted by Crippen LogP contribution is -1.78. The molecule has 0 aliphatic rings. The lowest BCUT2D eigenvalue weighted by atomic mass is 10.3. The van der Waals surface area contributed by atoms with E-state index >= 15 is 0 Å². The summed E-state index contributed by atoms with van der Waals surface area (Å²) >= 11 is 0. The van der Waals surface area contributed by atoms with Gasteiger partial charge in [0.15, 0.2) is 0 Å². The first-order valence-electron chi connectivity index (χ1n) is 2.75. The molecule has 0 saturated heterocycles. The van der Waals surface area contributed by atoms with Crippen LogP contribution in [0, 0.1) is 11.8 Å². The molecule has 0 aromatic heterocycles. The molecule has 0 saturated carbocycles. The lowest BCUT2D eigenvalue weighted by molar-refractivity contribution is 0.415. The van der Waals surface area contributed by atoms with Gasteiger partial charge in [0.1, 0.15) is 5.75 Å². The third-order valence-electron chi connectivity index (χ3n) is 0.979. The molecule has 2 nitrogen and oxygen atoms in total. The van der Waals surface area contributed by atoms with Crippen molar-refractivity contribution in [2.24, 2.45) is 0 Å². The molecule has 0 radical (unpaired) electrons. The molecule has 1 aromatic rings. The van der Waals surface area contributed by atoms with E-state index in [4.69, 9.17) is 16.6 Å². The molecule has 0 atom stereocenters. The fourth-order valence-electron chi connectivity index (χ4n) is 0.557. The number of ether oxygens (including phenoxy) is 1. The Morgan fingerprint density at radius 1 is 1.20 bits per heavy atom. The summed E-state index contributed by atoms with van der Waals surface area (Å²) in [5.74, 6) is 0.910. The van der Waals surface area contributed by atoms with Crippen LogP contribution in [0.4, 0.5) is 0 Å². The second-order valence-electron chi connectivity index (χ2n) is 1.52. The Balaban J connectivity index is 0.000000371. The molecule has 2 heteroatoms. The maximum Gasteiger partial charge on any atom is 0.118 e. The average molecular weight is 134 g/mol. The first-order chi connectivity index (χ1) is 4.93. The van der Waals surface area contributed by atoms with Gasteiger partial charge >= 0.3 is 0 Å². The highest BCUT2D eigenvalue weighted by Crippen LogP contribution is 2.05. The molecule has 0 fully saturated rings. The van der Waals surface area contributed by atoms with Gasteiger partial charge in [-0.25, -0.2) is 0 Å². The maximum absolute atomic E-state index is 6.25. The van der Waals surface area contributed by atoms with E-state index in [0.717, 1.165) is 5.75 Å². The van der Waals surface area contributed by atoms with E-state index in [9.17, 15) is 0 Å². The Morgan fingerprint density at radius 2 is 1.70 bits per heavy atom. The number of hydrogen-bond acceptors (Lipinski definition) is 2. The molecule has 0 aliphatic heterocycles. The summed E-state index contributed by atoms with van der Waals surface area (Å²) in [6.07, 6.45) is 0. The predicted octanol–water partition coefficient (Wildman–Crippen LogP) is 1.79.